The number of hydroxylamine groups is 1. The summed E-state index contributed by atoms with van der Waals surface area (Å²) in [4.78, 5) is 12.6. The first-order valence-corrected chi connectivity index (χ1v) is 9.06. The molecule has 144 valence electrons. The first kappa shape index (κ1) is 19.5. The molecule has 0 saturated heterocycles. The fourth-order valence-electron chi connectivity index (χ4n) is 2.59. The van der Waals surface area contributed by atoms with E-state index < -0.39 is 0 Å². The molecule has 2 aromatic carbocycles. The SMILES string of the molecule is O=C(NCCCOc1cc(C(=S)NO)on1)c1ccccc1-c1ccccc1. The van der Waals surface area contributed by atoms with Crippen LogP contribution >= 0.6 is 12.2 Å². The predicted molar refractivity (Wildman–Crippen MR) is 107 cm³/mol. The lowest BCUT2D eigenvalue weighted by atomic mass is 9.99. The number of hydrogen-bond acceptors (Lipinski definition) is 6. The molecule has 0 aliphatic rings. The maximum Gasteiger partial charge on any atom is 0.254 e. The zero-order valence-electron chi connectivity index (χ0n) is 14.9. The van der Waals surface area contributed by atoms with Gasteiger partial charge in [0.15, 0.2) is 10.7 Å². The number of aromatic nitrogens is 1. The third-order valence-corrected chi connectivity index (χ3v) is 4.22. The summed E-state index contributed by atoms with van der Waals surface area (Å²) in [5.74, 6) is 0.328. The largest absolute Gasteiger partial charge is 0.475 e. The molecule has 0 aliphatic carbocycles. The molecule has 1 heterocycles. The Morgan fingerprint density at radius 1 is 1.14 bits per heavy atom. The monoisotopic (exact) mass is 397 g/mol. The summed E-state index contributed by atoms with van der Waals surface area (Å²) in [5, 5.41) is 15.3. The molecule has 0 saturated carbocycles. The topological polar surface area (TPSA) is 96.6 Å². The molecule has 1 amide bonds. The smallest absolute Gasteiger partial charge is 0.254 e. The van der Waals surface area contributed by atoms with Crippen LogP contribution in [0.1, 0.15) is 22.5 Å². The van der Waals surface area contributed by atoms with E-state index >= 15 is 0 Å². The van der Waals surface area contributed by atoms with Gasteiger partial charge in [0.1, 0.15) is 0 Å². The second-order valence-electron chi connectivity index (χ2n) is 5.84. The number of nitrogens with one attached hydrogen (secondary N) is 2. The van der Waals surface area contributed by atoms with Crippen molar-refractivity contribution in [3.05, 3.63) is 72.0 Å². The van der Waals surface area contributed by atoms with E-state index in [0.717, 1.165) is 11.1 Å². The van der Waals surface area contributed by atoms with Crippen molar-refractivity contribution in [3.63, 3.8) is 0 Å². The average molecular weight is 397 g/mol. The molecule has 3 N–H and O–H groups in total. The second-order valence-corrected chi connectivity index (χ2v) is 6.25. The van der Waals surface area contributed by atoms with E-state index in [-0.39, 0.29) is 22.5 Å². The zero-order valence-corrected chi connectivity index (χ0v) is 15.7. The zero-order chi connectivity index (χ0) is 19.8. The van der Waals surface area contributed by atoms with E-state index in [1.54, 1.807) is 0 Å². The molecule has 0 aliphatic heterocycles. The van der Waals surface area contributed by atoms with Gasteiger partial charge in [-0.2, -0.15) is 0 Å². The van der Waals surface area contributed by atoms with Gasteiger partial charge in [-0.3, -0.25) is 15.5 Å². The first-order chi connectivity index (χ1) is 13.7. The Kier molecular flexibility index (Phi) is 6.72. The summed E-state index contributed by atoms with van der Waals surface area (Å²) in [6.07, 6.45) is 0.587. The minimum Gasteiger partial charge on any atom is -0.475 e. The number of hydrogen-bond donors (Lipinski definition) is 3. The quantitative estimate of drug-likeness (QED) is 0.305. The third-order valence-electron chi connectivity index (χ3n) is 3.93. The number of carbonyl (C=O) groups excluding carboxylic acids is 1. The van der Waals surface area contributed by atoms with Crippen LogP contribution in [0, 0.1) is 0 Å². The Labute approximate surface area is 167 Å². The first-order valence-electron chi connectivity index (χ1n) is 8.65. The number of amides is 1. The van der Waals surface area contributed by atoms with Gasteiger partial charge < -0.3 is 14.6 Å². The van der Waals surface area contributed by atoms with Crippen molar-refractivity contribution in [3.8, 4) is 17.0 Å². The Bertz CT molecular complexity index is 943. The van der Waals surface area contributed by atoms with Crippen molar-refractivity contribution < 1.29 is 19.3 Å². The summed E-state index contributed by atoms with van der Waals surface area (Å²) in [6.45, 7) is 0.787. The lowest BCUT2D eigenvalue weighted by Gasteiger charge is -2.10. The van der Waals surface area contributed by atoms with Crippen LogP contribution in [-0.4, -0.2) is 34.4 Å². The highest BCUT2D eigenvalue weighted by Gasteiger charge is 2.12. The Hall–Kier alpha value is -3.23. The van der Waals surface area contributed by atoms with E-state index in [1.807, 2.05) is 60.1 Å². The van der Waals surface area contributed by atoms with E-state index in [0.29, 0.717) is 25.1 Å². The van der Waals surface area contributed by atoms with Gasteiger partial charge in [0.05, 0.1) is 12.7 Å². The molecule has 0 radical (unpaired) electrons. The molecule has 1 aromatic heterocycles. The minimum absolute atomic E-state index is 0.0201. The summed E-state index contributed by atoms with van der Waals surface area (Å²) in [6, 6.07) is 18.8. The third kappa shape index (κ3) is 4.93. The van der Waals surface area contributed by atoms with Crippen LogP contribution in [0.15, 0.2) is 65.2 Å². The number of carbonyl (C=O) groups is 1. The molecule has 7 nitrogen and oxygen atoms in total. The van der Waals surface area contributed by atoms with E-state index in [4.69, 9.17) is 26.7 Å². The molecule has 28 heavy (non-hydrogen) atoms. The van der Waals surface area contributed by atoms with E-state index in [2.05, 4.69) is 10.5 Å². The van der Waals surface area contributed by atoms with Crippen LogP contribution in [0.25, 0.3) is 11.1 Å². The van der Waals surface area contributed by atoms with Crippen LogP contribution in [0.2, 0.25) is 0 Å². The molecular weight excluding hydrogens is 378 g/mol. The van der Waals surface area contributed by atoms with Gasteiger partial charge in [-0.25, -0.2) is 0 Å². The molecular formula is C20H19N3O4S. The van der Waals surface area contributed by atoms with Crippen molar-refractivity contribution in [2.75, 3.05) is 13.2 Å². The highest BCUT2D eigenvalue weighted by atomic mass is 32.1. The Balaban J connectivity index is 1.49. The highest BCUT2D eigenvalue weighted by molar-refractivity contribution is 7.80. The van der Waals surface area contributed by atoms with Gasteiger partial charge >= 0.3 is 0 Å². The number of rotatable bonds is 8. The second kappa shape index (κ2) is 9.63. The van der Waals surface area contributed by atoms with Gasteiger partial charge in [-0.1, -0.05) is 60.7 Å². The van der Waals surface area contributed by atoms with Crippen LogP contribution in [0.5, 0.6) is 5.88 Å². The maximum absolute atomic E-state index is 12.6. The number of thiocarbonyl (C=S) groups is 1. The molecule has 0 fully saturated rings. The standard InChI is InChI=1S/C20H19N3O4S/c24-19(16-10-5-4-9-15(16)14-7-2-1-3-8-14)21-11-6-12-26-18-13-17(27-23-18)20(28)22-25/h1-5,7-10,13,25H,6,11-12H2,(H,21,24)(H,22,28). The normalized spacial score (nSPS) is 10.3. The number of ether oxygens (including phenoxy) is 1. The predicted octanol–water partition coefficient (Wildman–Crippen LogP) is 3.19. The minimum atomic E-state index is -0.137. The summed E-state index contributed by atoms with van der Waals surface area (Å²) in [7, 11) is 0. The fraction of sp³-hybridized carbons (Fsp3) is 0.150. The molecule has 3 aromatic rings. The van der Waals surface area contributed by atoms with Crippen LogP contribution in [-0.2, 0) is 0 Å². The fourth-order valence-corrected chi connectivity index (χ4v) is 2.68. The molecule has 3 rings (SSSR count). The van der Waals surface area contributed by atoms with E-state index in [1.165, 1.54) is 6.07 Å². The number of benzene rings is 2. The van der Waals surface area contributed by atoms with Crippen LogP contribution in [0.4, 0.5) is 0 Å². The van der Waals surface area contributed by atoms with Gasteiger partial charge in [-0.15, -0.1) is 0 Å². The summed E-state index contributed by atoms with van der Waals surface area (Å²) in [5.41, 5.74) is 4.32. The maximum atomic E-state index is 12.6. The number of nitrogens with zero attached hydrogens (tertiary/aromatic N) is 1. The lowest BCUT2D eigenvalue weighted by Crippen LogP contribution is -2.26. The van der Waals surface area contributed by atoms with Gasteiger partial charge in [0.25, 0.3) is 11.8 Å². The molecule has 8 heteroatoms. The molecule has 0 spiro atoms. The summed E-state index contributed by atoms with van der Waals surface area (Å²) >= 11 is 4.81. The Morgan fingerprint density at radius 2 is 1.89 bits per heavy atom. The average Bonchev–Trinajstić information content (AvgIpc) is 3.22. The van der Waals surface area contributed by atoms with Crippen molar-refractivity contribution >= 4 is 23.1 Å². The van der Waals surface area contributed by atoms with Crippen molar-refractivity contribution in [2.24, 2.45) is 0 Å². The Morgan fingerprint density at radius 3 is 2.68 bits per heavy atom. The van der Waals surface area contributed by atoms with Crippen molar-refractivity contribution in [1.29, 1.82) is 0 Å². The molecule has 0 atom stereocenters. The van der Waals surface area contributed by atoms with Crippen LogP contribution < -0.4 is 15.5 Å². The van der Waals surface area contributed by atoms with Crippen molar-refractivity contribution in [2.45, 2.75) is 6.42 Å². The lowest BCUT2D eigenvalue weighted by molar-refractivity contribution is 0.0952. The molecule has 0 unspecified atom stereocenters. The van der Waals surface area contributed by atoms with E-state index in [9.17, 15) is 4.79 Å². The van der Waals surface area contributed by atoms with Crippen molar-refractivity contribution in [1.82, 2.24) is 16.0 Å². The summed E-state index contributed by atoms with van der Waals surface area (Å²) < 4.78 is 10.4. The highest BCUT2D eigenvalue weighted by Crippen LogP contribution is 2.23. The molecule has 0 bridgehead atoms. The van der Waals surface area contributed by atoms with Crippen LogP contribution in [0.3, 0.4) is 0 Å². The van der Waals surface area contributed by atoms with Gasteiger partial charge in [0, 0.05) is 12.1 Å². The van der Waals surface area contributed by atoms with Gasteiger partial charge in [0.2, 0.25) is 0 Å². The van der Waals surface area contributed by atoms with Gasteiger partial charge in [-0.05, 0) is 28.8 Å².